The molecular formula is C15H12ClIN2O3. The Kier molecular flexibility index (Phi) is 5.62. The van der Waals surface area contributed by atoms with E-state index in [1.54, 1.807) is 37.4 Å². The molecular weight excluding hydrogens is 419 g/mol. The van der Waals surface area contributed by atoms with Crippen LogP contribution in [0.1, 0.15) is 15.9 Å². The largest absolute Gasteiger partial charge is 0.507 e. The molecule has 0 unspecified atom stereocenters. The van der Waals surface area contributed by atoms with Crippen LogP contribution in [-0.4, -0.2) is 24.3 Å². The molecule has 114 valence electrons. The molecule has 0 saturated heterocycles. The first-order valence-corrected chi connectivity index (χ1v) is 7.62. The number of phenolic OH excluding ortho intramolecular Hbond substituents is 1. The Morgan fingerprint density at radius 1 is 1.36 bits per heavy atom. The van der Waals surface area contributed by atoms with Gasteiger partial charge in [0.05, 0.1) is 16.9 Å². The number of hydrogen-bond donors (Lipinski definition) is 2. The van der Waals surface area contributed by atoms with Gasteiger partial charge in [-0.2, -0.15) is 5.10 Å². The Hall–Kier alpha value is -1.80. The highest BCUT2D eigenvalue weighted by atomic mass is 127. The summed E-state index contributed by atoms with van der Waals surface area (Å²) in [6, 6.07) is 9.64. The average molecular weight is 431 g/mol. The summed E-state index contributed by atoms with van der Waals surface area (Å²) in [5.41, 5.74) is 3.21. The van der Waals surface area contributed by atoms with Crippen LogP contribution in [0, 0.1) is 3.57 Å². The first-order valence-electron chi connectivity index (χ1n) is 6.16. The Morgan fingerprint density at radius 3 is 2.86 bits per heavy atom. The topological polar surface area (TPSA) is 70.9 Å². The lowest BCUT2D eigenvalue weighted by atomic mass is 10.2. The number of ether oxygens (including phenoxy) is 1. The van der Waals surface area contributed by atoms with Crippen molar-refractivity contribution in [3.63, 3.8) is 0 Å². The van der Waals surface area contributed by atoms with Crippen LogP contribution in [0.4, 0.5) is 0 Å². The first-order chi connectivity index (χ1) is 10.5. The number of aromatic hydroxyl groups is 1. The van der Waals surface area contributed by atoms with Gasteiger partial charge in [0.1, 0.15) is 11.5 Å². The monoisotopic (exact) mass is 430 g/mol. The second-order valence-electron chi connectivity index (χ2n) is 4.25. The lowest BCUT2D eigenvalue weighted by Gasteiger charge is -2.05. The minimum absolute atomic E-state index is 0.0262. The maximum Gasteiger partial charge on any atom is 0.271 e. The van der Waals surface area contributed by atoms with Crippen LogP contribution in [0.15, 0.2) is 41.5 Å². The van der Waals surface area contributed by atoms with Crippen molar-refractivity contribution in [3.8, 4) is 11.5 Å². The van der Waals surface area contributed by atoms with E-state index in [-0.39, 0.29) is 11.7 Å². The second kappa shape index (κ2) is 7.46. The van der Waals surface area contributed by atoms with Crippen LogP contribution in [0.2, 0.25) is 5.02 Å². The third-order valence-corrected chi connectivity index (χ3v) is 3.90. The Labute approximate surface area is 146 Å². The molecule has 0 aliphatic heterocycles. The standard InChI is InChI=1S/C15H12ClIN2O3/c1-22-14-7-9(2-4-12(14)17)15(21)19-18-8-10-6-11(16)3-5-13(10)20/h2-8,20H,1H3,(H,19,21)/b18-8-. The molecule has 2 aromatic carbocycles. The minimum Gasteiger partial charge on any atom is -0.507 e. The van der Waals surface area contributed by atoms with E-state index in [4.69, 9.17) is 16.3 Å². The van der Waals surface area contributed by atoms with Gasteiger partial charge in [0.2, 0.25) is 0 Å². The summed E-state index contributed by atoms with van der Waals surface area (Å²) in [7, 11) is 1.54. The molecule has 2 aromatic rings. The van der Waals surface area contributed by atoms with E-state index >= 15 is 0 Å². The van der Waals surface area contributed by atoms with Crippen molar-refractivity contribution in [2.75, 3.05) is 7.11 Å². The number of hydrazone groups is 1. The van der Waals surface area contributed by atoms with Gasteiger partial charge < -0.3 is 9.84 Å². The molecule has 1 amide bonds. The van der Waals surface area contributed by atoms with E-state index in [9.17, 15) is 9.90 Å². The Morgan fingerprint density at radius 2 is 2.14 bits per heavy atom. The molecule has 2 N–H and O–H groups in total. The highest BCUT2D eigenvalue weighted by Crippen LogP contribution is 2.22. The molecule has 0 aromatic heterocycles. The molecule has 0 radical (unpaired) electrons. The fourth-order valence-corrected chi connectivity index (χ4v) is 2.39. The second-order valence-corrected chi connectivity index (χ2v) is 5.85. The smallest absolute Gasteiger partial charge is 0.271 e. The number of amides is 1. The molecule has 2 rings (SSSR count). The number of methoxy groups -OCH3 is 1. The third kappa shape index (κ3) is 4.11. The molecule has 0 saturated carbocycles. The lowest BCUT2D eigenvalue weighted by Crippen LogP contribution is -2.17. The molecule has 7 heteroatoms. The van der Waals surface area contributed by atoms with Gasteiger partial charge in [0.15, 0.2) is 0 Å². The highest BCUT2D eigenvalue weighted by Gasteiger charge is 2.08. The quantitative estimate of drug-likeness (QED) is 0.444. The van der Waals surface area contributed by atoms with Crippen LogP contribution in [-0.2, 0) is 0 Å². The van der Waals surface area contributed by atoms with Gasteiger partial charge in [-0.25, -0.2) is 5.43 Å². The van der Waals surface area contributed by atoms with Crippen LogP contribution >= 0.6 is 34.2 Å². The van der Waals surface area contributed by atoms with E-state index in [1.165, 1.54) is 12.3 Å². The van der Waals surface area contributed by atoms with Crippen molar-refractivity contribution >= 4 is 46.3 Å². The van der Waals surface area contributed by atoms with Gasteiger partial charge in [-0.15, -0.1) is 0 Å². The zero-order valence-electron chi connectivity index (χ0n) is 11.5. The number of nitrogens with one attached hydrogen (secondary N) is 1. The molecule has 0 atom stereocenters. The molecule has 0 heterocycles. The molecule has 0 bridgehead atoms. The summed E-state index contributed by atoms with van der Waals surface area (Å²) >= 11 is 7.94. The predicted molar refractivity (Wildman–Crippen MR) is 93.9 cm³/mol. The number of hydrogen-bond acceptors (Lipinski definition) is 4. The zero-order valence-corrected chi connectivity index (χ0v) is 14.4. The van der Waals surface area contributed by atoms with E-state index in [1.807, 2.05) is 0 Å². The van der Waals surface area contributed by atoms with E-state index in [2.05, 4.69) is 33.1 Å². The summed E-state index contributed by atoms with van der Waals surface area (Å²) in [6.07, 6.45) is 1.32. The predicted octanol–water partition coefficient (Wildman–Crippen LogP) is 3.42. The fourth-order valence-electron chi connectivity index (χ4n) is 1.65. The summed E-state index contributed by atoms with van der Waals surface area (Å²) in [6.45, 7) is 0. The number of carbonyl (C=O) groups excluding carboxylic acids is 1. The number of rotatable bonds is 4. The van der Waals surface area contributed by atoms with Crippen LogP contribution in [0.3, 0.4) is 0 Å². The molecule has 0 fully saturated rings. The molecule has 22 heavy (non-hydrogen) atoms. The van der Waals surface area contributed by atoms with Gasteiger partial charge >= 0.3 is 0 Å². The first kappa shape index (κ1) is 16.6. The number of phenols is 1. The molecule has 0 aliphatic rings. The maximum absolute atomic E-state index is 12.0. The SMILES string of the molecule is COc1cc(C(=O)N/N=C\c2cc(Cl)ccc2O)ccc1I. The van der Waals surface area contributed by atoms with Gasteiger partial charge in [0.25, 0.3) is 5.91 Å². The van der Waals surface area contributed by atoms with E-state index in [0.717, 1.165) is 3.57 Å². The van der Waals surface area contributed by atoms with Crippen molar-refractivity contribution in [2.45, 2.75) is 0 Å². The van der Waals surface area contributed by atoms with Crippen molar-refractivity contribution in [1.29, 1.82) is 0 Å². The zero-order chi connectivity index (χ0) is 16.1. The summed E-state index contributed by atoms with van der Waals surface area (Å²) in [5.74, 6) is 0.260. The van der Waals surface area contributed by atoms with Gasteiger partial charge in [-0.05, 0) is 59.0 Å². The Balaban J connectivity index is 2.09. The van der Waals surface area contributed by atoms with Crippen molar-refractivity contribution in [2.24, 2.45) is 5.10 Å². The van der Waals surface area contributed by atoms with Gasteiger partial charge in [-0.1, -0.05) is 11.6 Å². The van der Waals surface area contributed by atoms with Crippen LogP contribution < -0.4 is 10.2 Å². The molecule has 5 nitrogen and oxygen atoms in total. The van der Waals surface area contributed by atoms with Crippen LogP contribution in [0.25, 0.3) is 0 Å². The normalized spacial score (nSPS) is 10.7. The van der Waals surface area contributed by atoms with E-state index in [0.29, 0.717) is 21.9 Å². The van der Waals surface area contributed by atoms with Gasteiger partial charge in [-0.3, -0.25) is 4.79 Å². The number of nitrogens with zero attached hydrogens (tertiary/aromatic N) is 1. The van der Waals surface area contributed by atoms with Crippen molar-refractivity contribution < 1.29 is 14.6 Å². The average Bonchev–Trinajstić information content (AvgIpc) is 2.51. The van der Waals surface area contributed by atoms with E-state index < -0.39 is 0 Å². The number of carbonyl (C=O) groups is 1. The molecule has 0 aliphatic carbocycles. The minimum atomic E-state index is -0.382. The van der Waals surface area contributed by atoms with Crippen molar-refractivity contribution in [3.05, 3.63) is 56.1 Å². The summed E-state index contributed by atoms with van der Waals surface area (Å²) < 4.78 is 6.07. The number of halogens is 2. The van der Waals surface area contributed by atoms with Crippen molar-refractivity contribution in [1.82, 2.24) is 5.43 Å². The molecule has 0 spiro atoms. The maximum atomic E-state index is 12.0. The number of benzene rings is 2. The van der Waals surface area contributed by atoms with Gasteiger partial charge in [0, 0.05) is 16.1 Å². The summed E-state index contributed by atoms with van der Waals surface area (Å²) in [5, 5.41) is 13.9. The third-order valence-electron chi connectivity index (χ3n) is 2.77. The fraction of sp³-hybridized carbons (Fsp3) is 0.0667. The lowest BCUT2D eigenvalue weighted by molar-refractivity contribution is 0.0954. The highest BCUT2D eigenvalue weighted by molar-refractivity contribution is 14.1. The Bertz CT molecular complexity index is 735. The van der Waals surface area contributed by atoms with Crippen LogP contribution in [0.5, 0.6) is 11.5 Å². The summed E-state index contributed by atoms with van der Waals surface area (Å²) in [4.78, 5) is 12.0.